The summed E-state index contributed by atoms with van der Waals surface area (Å²) in [7, 11) is -0.507. The van der Waals surface area contributed by atoms with Crippen LogP contribution in [-0.4, -0.2) is 132 Å². The molecular formula is C48H61ClN8O5S2. The molecule has 342 valence electrons. The van der Waals surface area contributed by atoms with Gasteiger partial charge in [-0.15, -0.1) is 11.8 Å². The van der Waals surface area contributed by atoms with Crippen molar-refractivity contribution in [2.24, 2.45) is 5.41 Å². The number of rotatable bonds is 18. The van der Waals surface area contributed by atoms with E-state index < -0.39 is 20.9 Å². The van der Waals surface area contributed by atoms with Gasteiger partial charge in [0.2, 0.25) is 0 Å². The second-order valence-electron chi connectivity index (χ2n) is 17.8. The number of carbonyl (C=O) groups excluding carboxylic acids is 1. The van der Waals surface area contributed by atoms with Gasteiger partial charge in [-0.25, -0.2) is 13.1 Å². The summed E-state index contributed by atoms with van der Waals surface area (Å²) in [6, 6.07) is 28.7. The van der Waals surface area contributed by atoms with Gasteiger partial charge >= 0.3 is 0 Å². The maximum absolute atomic E-state index is 13.5. The Bertz CT molecular complexity index is 2360. The van der Waals surface area contributed by atoms with E-state index >= 15 is 0 Å². The first-order valence-corrected chi connectivity index (χ1v) is 25.0. The number of nitro groups is 1. The molecule has 0 radical (unpaired) electrons. The smallest absolute Gasteiger partial charge is 0.293 e. The zero-order valence-electron chi connectivity index (χ0n) is 37.1. The first-order chi connectivity index (χ1) is 30.7. The summed E-state index contributed by atoms with van der Waals surface area (Å²) in [5, 5.41) is 19.8. The average molecular weight is 930 g/mol. The molecule has 0 aromatic heterocycles. The summed E-state index contributed by atoms with van der Waals surface area (Å²) >= 11 is 7.93. The summed E-state index contributed by atoms with van der Waals surface area (Å²) in [6.45, 7) is 12.9. The van der Waals surface area contributed by atoms with Crippen LogP contribution in [0.25, 0.3) is 5.57 Å². The number of nitrogens with zero attached hydrogens (tertiary/aromatic N) is 5. The van der Waals surface area contributed by atoms with Crippen LogP contribution >= 0.6 is 23.4 Å². The zero-order valence-corrected chi connectivity index (χ0v) is 39.5. The molecule has 2 heterocycles. The van der Waals surface area contributed by atoms with Crippen molar-refractivity contribution >= 4 is 61.9 Å². The SMILES string of the molecule is CN(C)CC[C@H](CSc1ccccc1)Nc1ccc(S(=O)(=O)NC(=O)c2ccc(N3CCN(CC4=C(c5ccc(Cl)cc5)CCC(C)(CN5CCNCC5)C4)CC3)cc2)cc1[N+](=O)[O-]. The van der Waals surface area contributed by atoms with Crippen molar-refractivity contribution in [2.45, 2.75) is 48.4 Å². The van der Waals surface area contributed by atoms with Crippen LogP contribution < -0.4 is 20.3 Å². The Morgan fingerprint density at radius 3 is 2.31 bits per heavy atom. The van der Waals surface area contributed by atoms with Crippen LogP contribution in [0.15, 0.2) is 112 Å². The average Bonchev–Trinajstić information content (AvgIpc) is 3.28. The molecule has 16 heteroatoms. The maximum atomic E-state index is 13.5. The first-order valence-electron chi connectivity index (χ1n) is 22.2. The van der Waals surface area contributed by atoms with E-state index in [1.165, 1.54) is 28.8 Å². The Kier molecular flexibility index (Phi) is 16.1. The minimum atomic E-state index is -4.44. The van der Waals surface area contributed by atoms with Crippen LogP contribution in [0.1, 0.15) is 48.5 Å². The maximum Gasteiger partial charge on any atom is 0.293 e. The van der Waals surface area contributed by atoms with E-state index in [0.29, 0.717) is 12.2 Å². The lowest BCUT2D eigenvalue weighted by molar-refractivity contribution is -0.384. The van der Waals surface area contributed by atoms with Crippen LogP contribution in [0.5, 0.6) is 0 Å². The Labute approximate surface area is 387 Å². The summed E-state index contributed by atoms with van der Waals surface area (Å²) in [5.74, 6) is -0.174. The van der Waals surface area contributed by atoms with Crippen molar-refractivity contribution in [2.75, 3.05) is 102 Å². The van der Waals surface area contributed by atoms with E-state index in [1.807, 2.05) is 73.6 Å². The minimum Gasteiger partial charge on any atom is -0.376 e. The van der Waals surface area contributed by atoms with Crippen LogP contribution in [0.4, 0.5) is 17.1 Å². The molecule has 4 aromatic carbocycles. The molecule has 2 saturated heterocycles. The highest BCUT2D eigenvalue weighted by atomic mass is 35.5. The molecule has 64 heavy (non-hydrogen) atoms. The van der Waals surface area contributed by atoms with Gasteiger partial charge in [-0.1, -0.05) is 54.4 Å². The van der Waals surface area contributed by atoms with Gasteiger partial charge in [0.25, 0.3) is 21.6 Å². The summed E-state index contributed by atoms with van der Waals surface area (Å²) < 4.78 is 29.1. The number of sulfonamides is 1. The monoisotopic (exact) mass is 928 g/mol. The van der Waals surface area contributed by atoms with Crippen molar-refractivity contribution in [3.8, 4) is 0 Å². The number of carbonyl (C=O) groups is 1. The lowest BCUT2D eigenvalue weighted by Gasteiger charge is -2.43. The second kappa shape index (κ2) is 21.7. The molecular weight excluding hydrogens is 868 g/mol. The number of allylic oxidation sites excluding steroid dienone is 1. The van der Waals surface area contributed by atoms with Gasteiger partial charge in [0.1, 0.15) is 5.69 Å². The number of amides is 1. The number of halogens is 1. The molecule has 1 unspecified atom stereocenters. The molecule has 7 rings (SSSR count). The number of hydrogen-bond acceptors (Lipinski definition) is 12. The van der Waals surface area contributed by atoms with Crippen LogP contribution in [-0.2, 0) is 10.0 Å². The molecule has 0 spiro atoms. The molecule has 1 aliphatic carbocycles. The number of thioether (sulfide) groups is 1. The Morgan fingerprint density at radius 2 is 1.64 bits per heavy atom. The molecule has 0 bridgehead atoms. The van der Waals surface area contributed by atoms with Gasteiger partial charge in [0.05, 0.1) is 9.82 Å². The standard InChI is InChI=1S/C48H61ClN8O5S2/c1-48(35-55-25-22-50-23-26-55)21-19-44(36-9-13-39(49)14-10-36)38(32-48)33-54-27-29-56(30-28-54)41-15-11-37(12-16-41)47(58)52-64(61,62)43-17-18-45(46(31-43)57(59)60)51-40(20-24-53(2)3)34-63-42-7-5-4-6-8-42/h4-18,31,40,50-51H,19-30,32-35H2,1-3H3,(H,52,58)/t40-,48?/m1/s1. The lowest BCUT2D eigenvalue weighted by Crippen LogP contribution is -2.49. The number of piperazine rings is 2. The highest BCUT2D eigenvalue weighted by Crippen LogP contribution is 2.44. The summed E-state index contributed by atoms with van der Waals surface area (Å²) in [5.41, 5.74) is 5.39. The Balaban J connectivity index is 0.961. The van der Waals surface area contributed by atoms with E-state index in [2.05, 4.69) is 49.1 Å². The Hall–Kier alpha value is -4.48. The lowest BCUT2D eigenvalue weighted by atomic mass is 9.71. The quantitative estimate of drug-likeness (QED) is 0.0515. The molecule has 2 aliphatic heterocycles. The van der Waals surface area contributed by atoms with Gasteiger partial charge in [0.15, 0.2) is 0 Å². The van der Waals surface area contributed by atoms with E-state index in [0.717, 1.165) is 113 Å². The van der Waals surface area contributed by atoms with Crippen molar-refractivity contribution in [1.29, 1.82) is 0 Å². The molecule has 0 saturated carbocycles. The second-order valence-corrected chi connectivity index (χ2v) is 21.1. The molecule has 13 nitrogen and oxygen atoms in total. The normalized spacial score (nSPS) is 19.4. The zero-order chi connectivity index (χ0) is 45.3. The molecule has 2 atom stereocenters. The van der Waals surface area contributed by atoms with Crippen molar-refractivity contribution in [1.82, 2.24) is 24.7 Å². The van der Waals surface area contributed by atoms with E-state index in [1.54, 1.807) is 23.9 Å². The summed E-state index contributed by atoms with van der Waals surface area (Å²) in [4.78, 5) is 35.2. The van der Waals surface area contributed by atoms with Gasteiger partial charge in [0, 0.05) is 104 Å². The van der Waals surface area contributed by atoms with E-state index in [4.69, 9.17) is 11.6 Å². The molecule has 3 aliphatic rings. The molecule has 3 N–H and O–H groups in total. The largest absolute Gasteiger partial charge is 0.376 e. The van der Waals surface area contributed by atoms with Crippen LogP contribution in [0, 0.1) is 15.5 Å². The number of anilines is 2. The predicted octanol–water partition coefficient (Wildman–Crippen LogP) is 7.56. The van der Waals surface area contributed by atoms with Gasteiger partial charge in [-0.2, -0.15) is 0 Å². The number of nitro benzene ring substituents is 1. The van der Waals surface area contributed by atoms with E-state index in [-0.39, 0.29) is 33.3 Å². The third-order valence-electron chi connectivity index (χ3n) is 12.5. The van der Waals surface area contributed by atoms with Gasteiger partial charge < -0.3 is 25.3 Å². The van der Waals surface area contributed by atoms with Crippen LogP contribution in [0.3, 0.4) is 0 Å². The highest BCUT2D eigenvalue weighted by Gasteiger charge is 2.35. The number of nitrogens with one attached hydrogen (secondary N) is 3. The minimum absolute atomic E-state index is 0.141. The molecule has 4 aromatic rings. The van der Waals surface area contributed by atoms with Crippen LogP contribution in [0.2, 0.25) is 5.02 Å². The fourth-order valence-corrected chi connectivity index (χ4v) is 11.1. The third-order valence-corrected chi connectivity index (χ3v) is 15.3. The van der Waals surface area contributed by atoms with Gasteiger partial charge in [-0.05, 0) is 124 Å². The first kappa shape index (κ1) is 47.5. The van der Waals surface area contributed by atoms with E-state index in [9.17, 15) is 23.3 Å². The van der Waals surface area contributed by atoms with Crippen molar-refractivity contribution in [3.63, 3.8) is 0 Å². The molecule has 1 amide bonds. The van der Waals surface area contributed by atoms with Gasteiger partial charge in [-0.3, -0.25) is 19.8 Å². The topological polar surface area (TPSA) is 143 Å². The fraction of sp³-hybridized carbons (Fsp3) is 0.438. The highest BCUT2D eigenvalue weighted by molar-refractivity contribution is 7.99. The number of hydrogen-bond donors (Lipinski definition) is 3. The molecule has 2 fully saturated rings. The number of benzene rings is 4. The fourth-order valence-electron chi connectivity index (χ4n) is 9.00. The van der Waals surface area contributed by atoms with Crippen molar-refractivity contribution in [3.05, 3.63) is 129 Å². The van der Waals surface area contributed by atoms with Crippen molar-refractivity contribution < 1.29 is 18.1 Å². The summed E-state index contributed by atoms with van der Waals surface area (Å²) in [6.07, 6.45) is 3.99. The third kappa shape index (κ3) is 12.9. The Morgan fingerprint density at radius 1 is 0.938 bits per heavy atom. The predicted molar refractivity (Wildman–Crippen MR) is 260 cm³/mol.